The van der Waals surface area contributed by atoms with Crippen molar-refractivity contribution in [2.75, 3.05) is 13.6 Å². The van der Waals surface area contributed by atoms with E-state index in [-0.39, 0.29) is 17.7 Å². The Morgan fingerprint density at radius 1 is 1.15 bits per heavy atom. The lowest BCUT2D eigenvalue weighted by atomic mass is 9.79. The molecule has 2 N–H and O–H groups in total. The molecule has 1 aromatic carbocycles. The van der Waals surface area contributed by atoms with Gasteiger partial charge >= 0.3 is 0 Å². The van der Waals surface area contributed by atoms with Crippen molar-refractivity contribution in [1.82, 2.24) is 10.6 Å². The van der Waals surface area contributed by atoms with E-state index in [4.69, 9.17) is 0 Å². The molecule has 0 bridgehead atoms. The van der Waals surface area contributed by atoms with Gasteiger partial charge in [0.1, 0.15) is 0 Å². The number of benzene rings is 1. The Labute approximate surface area is 157 Å². The number of hydrogen-bond donors (Lipinski definition) is 2. The summed E-state index contributed by atoms with van der Waals surface area (Å²) < 4.78 is 0. The molecular formula is C22H30N2O2. The summed E-state index contributed by atoms with van der Waals surface area (Å²) in [4.78, 5) is 24.1. The number of carbonyl (C=O) groups is 2. The van der Waals surface area contributed by atoms with Crippen molar-refractivity contribution in [1.29, 1.82) is 0 Å². The van der Waals surface area contributed by atoms with Crippen molar-refractivity contribution < 1.29 is 9.59 Å². The Hall–Kier alpha value is -2.28. The highest BCUT2D eigenvalue weighted by molar-refractivity contribution is 5.96. The van der Waals surface area contributed by atoms with Crippen LogP contribution in [-0.4, -0.2) is 25.4 Å². The Bertz CT molecular complexity index is 664. The van der Waals surface area contributed by atoms with Crippen LogP contribution in [0.1, 0.15) is 67.8 Å². The summed E-state index contributed by atoms with van der Waals surface area (Å²) in [6, 6.07) is 7.23. The molecule has 4 nitrogen and oxygen atoms in total. The molecule has 0 saturated heterocycles. The Kier molecular flexibility index (Phi) is 8.21. The van der Waals surface area contributed by atoms with Gasteiger partial charge in [0.15, 0.2) is 0 Å². The molecule has 0 radical (unpaired) electrons. The van der Waals surface area contributed by atoms with E-state index in [0.29, 0.717) is 17.7 Å². The summed E-state index contributed by atoms with van der Waals surface area (Å²) in [5, 5.41) is 5.54. The Balaban J connectivity index is 1.80. The van der Waals surface area contributed by atoms with Crippen molar-refractivity contribution in [3.8, 4) is 11.8 Å². The molecule has 1 aliphatic rings. The molecule has 0 unspecified atom stereocenters. The third-order valence-corrected chi connectivity index (χ3v) is 5.16. The van der Waals surface area contributed by atoms with Gasteiger partial charge in [0, 0.05) is 18.5 Å². The molecule has 1 aliphatic carbocycles. The third-order valence-electron chi connectivity index (χ3n) is 5.16. The van der Waals surface area contributed by atoms with E-state index in [2.05, 4.69) is 29.4 Å². The summed E-state index contributed by atoms with van der Waals surface area (Å²) in [6.07, 6.45) is 8.19. The zero-order valence-corrected chi connectivity index (χ0v) is 15.9. The van der Waals surface area contributed by atoms with E-state index in [1.807, 2.05) is 18.2 Å². The van der Waals surface area contributed by atoms with Gasteiger partial charge in [-0.05, 0) is 43.7 Å². The summed E-state index contributed by atoms with van der Waals surface area (Å²) in [5.74, 6) is 6.86. The van der Waals surface area contributed by atoms with Gasteiger partial charge in [-0.1, -0.05) is 50.2 Å². The maximum absolute atomic E-state index is 12.3. The summed E-state index contributed by atoms with van der Waals surface area (Å²) >= 11 is 0. The van der Waals surface area contributed by atoms with Gasteiger partial charge in [-0.15, -0.1) is 0 Å². The maximum atomic E-state index is 12.3. The maximum Gasteiger partial charge on any atom is 0.252 e. The molecule has 0 aromatic heterocycles. The molecule has 2 amide bonds. The lowest BCUT2D eigenvalue weighted by molar-refractivity contribution is -0.125. The number of hydrogen-bond acceptors (Lipinski definition) is 2. The van der Waals surface area contributed by atoms with E-state index in [1.54, 1.807) is 13.1 Å². The lowest BCUT2D eigenvalue weighted by Gasteiger charge is -2.27. The molecule has 2 rings (SSSR count). The van der Waals surface area contributed by atoms with Crippen molar-refractivity contribution in [3.63, 3.8) is 0 Å². The molecule has 1 fully saturated rings. The molecule has 4 heteroatoms. The molecule has 1 aromatic rings. The van der Waals surface area contributed by atoms with Gasteiger partial charge < -0.3 is 10.6 Å². The van der Waals surface area contributed by atoms with Gasteiger partial charge in [0.25, 0.3) is 5.91 Å². The van der Waals surface area contributed by atoms with E-state index >= 15 is 0 Å². The largest absolute Gasteiger partial charge is 0.355 e. The SMILES string of the molecule is CCCCC1CCC(C(=O)NCC#Cc2ccccc2C(=O)NC)CC1. The van der Waals surface area contributed by atoms with E-state index in [9.17, 15) is 9.59 Å². The number of nitrogens with one attached hydrogen (secondary N) is 2. The quantitative estimate of drug-likeness (QED) is 0.768. The molecule has 0 atom stereocenters. The van der Waals surface area contributed by atoms with E-state index in [0.717, 1.165) is 18.8 Å². The van der Waals surface area contributed by atoms with Crippen LogP contribution in [0.25, 0.3) is 0 Å². The van der Waals surface area contributed by atoms with Gasteiger partial charge in [-0.25, -0.2) is 0 Å². The summed E-state index contributed by atoms with van der Waals surface area (Å²) in [5.41, 5.74) is 1.23. The second kappa shape index (κ2) is 10.7. The van der Waals surface area contributed by atoms with Crippen LogP contribution < -0.4 is 10.6 Å². The minimum absolute atomic E-state index is 0.118. The highest BCUT2D eigenvalue weighted by atomic mass is 16.2. The van der Waals surface area contributed by atoms with Crippen LogP contribution in [0.3, 0.4) is 0 Å². The highest BCUT2D eigenvalue weighted by Crippen LogP contribution is 2.31. The topological polar surface area (TPSA) is 58.2 Å². The second-order valence-electron chi connectivity index (χ2n) is 7.00. The lowest BCUT2D eigenvalue weighted by Crippen LogP contribution is -2.33. The summed E-state index contributed by atoms with van der Waals surface area (Å²) in [6.45, 7) is 2.55. The third kappa shape index (κ3) is 5.91. The zero-order chi connectivity index (χ0) is 18.8. The van der Waals surface area contributed by atoms with Gasteiger partial charge in [-0.2, -0.15) is 0 Å². The molecule has 26 heavy (non-hydrogen) atoms. The molecule has 0 aliphatic heterocycles. The molecule has 0 heterocycles. The van der Waals surface area contributed by atoms with Crippen LogP contribution in [0, 0.1) is 23.7 Å². The van der Waals surface area contributed by atoms with Gasteiger partial charge in [0.2, 0.25) is 5.91 Å². The number of amides is 2. The fraction of sp³-hybridized carbons (Fsp3) is 0.545. The van der Waals surface area contributed by atoms with Crippen LogP contribution in [0.15, 0.2) is 24.3 Å². The van der Waals surface area contributed by atoms with Gasteiger partial charge in [-0.3, -0.25) is 9.59 Å². The van der Waals surface area contributed by atoms with Crippen LogP contribution in [0.5, 0.6) is 0 Å². The second-order valence-corrected chi connectivity index (χ2v) is 7.00. The number of unbranched alkanes of at least 4 members (excludes halogenated alkanes) is 1. The monoisotopic (exact) mass is 354 g/mol. The van der Waals surface area contributed by atoms with Crippen LogP contribution in [-0.2, 0) is 4.79 Å². The standard InChI is InChI=1S/C22H30N2O2/c1-3-4-8-17-12-14-19(15-13-17)21(25)24-16-7-10-18-9-5-6-11-20(18)22(26)23-2/h5-6,9,11,17,19H,3-4,8,12-16H2,1-2H3,(H,23,26)(H,24,25). The van der Waals surface area contributed by atoms with Crippen molar-refractivity contribution in [2.45, 2.75) is 51.9 Å². The number of carbonyl (C=O) groups excluding carboxylic acids is 2. The van der Waals surface area contributed by atoms with Crippen molar-refractivity contribution in [3.05, 3.63) is 35.4 Å². The van der Waals surface area contributed by atoms with Crippen LogP contribution in [0.4, 0.5) is 0 Å². The molecule has 140 valence electrons. The smallest absolute Gasteiger partial charge is 0.252 e. The fourth-order valence-electron chi connectivity index (χ4n) is 3.55. The Morgan fingerprint density at radius 3 is 2.58 bits per heavy atom. The zero-order valence-electron chi connectivity index (χ0n) is 15.9. The predicted octanol–water partition coefficient (Wildman–Crippen LogP) is 3.51. The van der Waals surface area contributed by atoms with Crippen molar-refractivity contribution in [2.24, 2.45) is 11.8 Å². The minimum Gasteiger partial charge on any atom is -0.355 e. The average Bonchev–Trinajstić information content (AvgIpc) is 2.69. The average molecular weight is 354 g/mol. The first-order valence-electron chi connectivity index (χ1n) is 9.73. The normalized spacial score (nSPS) is 19.2. The van der Waals surface area contributed by atoms with Crippen LogP contribution in [0.2, 0.25) is 0 Å². The summed E-state index contributed by atoms with van der Waals surface area (Å²) in [7, 11) is 1.60. The molecular weight excluding hydrogens is 324 g/mol. The van der Waals surface area contributed by atoms with E-state index < -0.39 is 0 Å². The van der Waals surface area contributed by atoms with Crippen LogP contribution >= 0.6 is 0 Å². The highest BCUT2D eigenvalue weighted by Gasteiger charge is 2.25. The Morgan fingerprint density at radius 2 is 1.88 bits per heavy atom. The van der Waals surface area contributed by atoms with E-state index in [1.165, 1.54) is 32.1 Å². The minimum atomic E-state index is -0.154. The first-order chi connectivity index (χ1) is 12.7. The first-order valence-corrected chi connectivity index (χ1v) is 9.73. The first kappa shape index (κ1) is 20.0. The fourth-order valence-corrected chi connectivity index (χ4v) is 3.55. The number of rotatable bonds is 6. The predicted molar refractivity (Wildman–Crippen MR) is 105 cm³/mol. The van der Waals surface area contributed by atoms with Gasteiger partial charge in [0.05, 0.1) is 12.1 Å². The molecule has 0 spiro atoms. The van der Waals surface area contributed by atoms with Crippen molar-refractivity contribution >= 4 is 11.8 Å². The molecule has 1 saturated carbocycles.